The summed E-state index contributed by atoms with van der Waals surface area (Å²) in [4.78, 5) is 0. The first-order chi connectivity index (χ1) is 25.1. The van der Waals surface area contributed by atoms with Crippen molar-refractivity contribution in [2.45, 2.75) is 105 Å². The SMILES string of the molecule is CCC(C)c1ccc(CC2c3cc(C)ccc3-c3ccc(C)cc32)cc1.CCC(C)c1ccc(CC2c3cc(C)ccc3-c3ccc(C)cc32)cc1. The first-order valence-electron chi connectivity index (χ1n) is 19.7. The fraction of sp³-hybridized carbons (Fsp3) is 0.308. The molecular weight excluding hydrogens is 625 g/mol. The Morgan fingerprint density at radius 3 is 0.904 bits per heavy atom. The van der Waals surface area contributed by atoms with E-state index < -0.39 is 0 Å². The molecule has 264 valence electrons. The molecule has 2 atom stereocenters. The van der Waals surface area contributed by atoms with E-state index in [2.05, 4.69) is 177 Å². The molecule has 0 spiro atoms. The van der Waals surface area contributed by atoms with Gasteiger partial charge in [-0.1, -0.05) is 171 Å². The molecule has 2 aliphatic rings. The maximum atomic E-state index is 2.39. The Balaban J connectivity index is 0.000000162. The number of aryl methyl sites for hydroxylation is 4. The smallest absolute Gasteiger partial charge is 0.0142 e. The van der Waals surface area contributed by atoms with Crippen molar-refractivity contribution < 1.29 is 0 Å². The van der Waals surface area contributed by atoms with Crippen LogP contribution in [0.25, 0.3) is 22.3 Å². The van der Waals surface area contributed by atoms with Crippen LogP contribution in [0.3, 0.4) is 0 Å². The number of benzene rings is 6. The van der Waals surface area contributed by atoms with Gasteiger partial charge >= 0.3 is 0 Å². The van der Waals surface area contributed by atoms with Gasteiger partial charge in [-0.2, -0.15) is 0 Å². The van der Waals surface area contributed by atoms with Crippen LogP contribution < -0.4 is 0 Å². The second-order valence-electron chi connectivity index (χ2n) is 16.0. The summed E-state index contributed by atoms with van der Waals surface area (Å²) in [5.41, 5.74) is 22.9. The lowest BCUT2D eigenvalue weighted by Crippen LogP contribution is -2.02. The average Bonchev–Trinajstić information content (AvgIpc) is 3.61. The normalized spacial score (nSPS) is 14.2. The van der Waals surface area contributed by atoms with Crippen LogP contribution in [0, 0.1) is 27.7 Å². The zero-order valence-electron chi connectivity index (χ0n) is 32.7. The Morgan fingerprint density at radius 1 is 0.385 bits per heavy atom. The molecule has 0 amide bonds. The van der Waals surface area contributed by atoms with E-state index in [4.69, 9.17) is 0 Å². The van der Waals surface area contributed by atoms with Gasteiger partial charge in [0.1, 0.15) is 0 Å². The van der Waals surface area contributed by atoms with E-state index in [1.54, 1.807) is 0 Å². The molecule has 0 saturated heterocycles. The number of hydrogen-bond donors (Lipinski definition) is 0. The summed E-state index contributed by atoms with van der Waals surface area (Å²) in [6.45, 7) is 17.9. The van der Waals surface area contributed by atoms with E-state index in [0.29, 0.717) is 23.7 Å². The number of hydrogen-bond acceptors (Lipinski definition) is 0. The van der Waals surface area contributed by atoms with Crippen molar-refractivity contribution in [3.8, 4) is 22.3 Å². The predicted molar refractivity (Wildman–Crippen MR) is 224 cm³/mol. The standard InChI is InChI=1S/2C26H28/c2*1-5-19(4)21-10-8-20(9-11-21)16-26-24-14-17(2)6-12-22(24)23-13-7-18(3)15-25(23)26/h2*6-15,19,26H,5,16H2,1-4H3. The lowest BCUT2D eigenvalue weighted by molar-refractivity contribution is 0.732. The predicted octanol–water partition coefficient (Wildman–Crippen LogP) is 14.3. The third-order valence-electron chi connectivity index (χ3n) is 12.1. The number of rotatable bonds is 8. The zero-order valence-corrected chi connectivity index (χ0v) is 32.7. The quantitative estimate of drug-likeness (QED) is 0.150. The minimum atomic E-state index is 0.467. The second-order valence-corrected chi connectivity index (χ2v) is 16.0. The van der Waals surface area contributed by atoms with E-state index in [9.17, 15) is 0 Å². The highest BCUT2D eigenvalue weighted by molar-refractivity contribution is 5.80. The molecule has 2 unspecified atom stereocenters. The Kier molecular flexibility index (Phi) is 10.4. The Bertz CT molecular complexity index is 1920. The third-order valence-corrected chi connectivity index (χ3v) is 12.1. The molecule has 0 saturated carbocycles. The van der Waals surface area contributed by atoms with Crippen molar-refractivity contribution in [1.82, 2.24) is 0 Å². The summed E-state index contributed by atoms with van der Waals surface area (Å²) in [6.07, 6.45) is 4.55. The lowest BCUT2D eigenvalue weighted by atomic mass is 9.88. The van der Waals surface area contributed by atoms with E-state index in [-0.39, 0.29) is 0 Å². The van der Waals surface area contributed by atoms with Crippen LogP contribution in [0.2, 0.25) is 0 Å². The first-order valence-corrected chi connectivity index (χ1v) is 19.7. The minimum absolute atomic E-state index is 0.467. The van der Waals surface area contributed by atoms with Crippen molar-refractivity contribution >= 4 is 0 Å². The topological polar surface area (TPSA) is 0 Å². The molecule has 0 heterocycles. The van der Waals surface area contributed by atoms with Gasteiger partial charge in [-0.05, 0) is 132 Å². The van der Waals surface area contributed by atoms with Gasteiger partial charge in [0.25, 0.3) is 0 Å². The Labute approximate surface area is 314 Å². The first kappa shape index (κ1) is 35.7. The lowest BCUT2D eigenvalue weighted by Gasteiger charge is -2.16. The highest BCUT2D eigenvalue weighted by Gasteiger charge is 2.30. The maximum absolute atomic E-state index is 2.39. The van der Waals surface area contributed by atoms with Crippen LogP contribution in [0.1, 0.15) is 131 Å². The summed E-state index contributed by atoms with van der Waals surface area (Å²) < 4.78 is 0. The van der Waals surface area contributed by atoms with Gasteiger partial charge in [0.2, 0.25) is 0 Å². The Morgan fingerprint density at radius 2 is 0.654 bits per heavy atom. The van der Waals surface area contributed by atoms with Crippen molar-refractivity contribution in [3.05, 3.63) is 188 Å². The molecule has 0 bridgehead atoms. The molecule has 52 heavy (non-hydrogen) atoms. The summed E-state index contributed by atoms with van der Waals surface area (Å²) in [7, 11) is 0. The fourth-order valence-corrected chi connectivity index (χ4v) is 8.55. The zero-order chi connectivity index (χ0) is 36.5. The maximum Gasteiger partial charge on any atom is 0.0142 e. The van der Waals surface area contributed by atoms with Crippen LogP contribution >= 0.6 is 0 Å². The highest BCUT2D eigenvalue weighted by atomic mass is 14.3. The van der Waals surface area contributed by atoms with Gasteiger partial charge < -0.3 is 0 Å². The van der Waals surface area contributed by atoms with Crippen LogP contribution in [-0.4, -0.2) is 0 Å². The van der Waals surface area contributed by atoms with Crippen molar-refractivity contribution in [3.63, 3.8) is 0 Å². The molecule has 6 aromatic rings. The van der Waals surface area contributed by atoms with Gasteiger partial charge in [0.05, 0.1) is 0 Å². The van der Waals surface area contributed by atoms with Gasteiger partial charge in [-0.15, -0.1) is 0 Å². The minimum Gasteiger partial charge on any atom is -0.0648 e. The van der Waals surface area contributed by atoms with E-state index >= 15 is 0 Å². The van der Waals surface area contributed by atoms with Crippen LogP contribution in [0.4, 0.5) is 0 Å². The molecule has 2 aliphatic carbocycles. The Hall–Kier alpha value is -4.68. The van der Waals surface area contributed by atoms with Crippen molar-refractivity contribution in [2.75, 3.05) is 0 Å². The second kappa shape index (κ2) is 15.1. The summed E-state index contributed by atoms with van der Waals surface area (Å²) in [5.74, 6) is 2.22. The highest BCUT2D eigenvalue weighted by Crippen LogP contribution is 2.48. The average molecular weight is 681 g/mol. The molecule has 0 aromatic heterocycles. The third kappa shape index (κ3) is 7.18. The van der Waals surface area contributed by atoms with Crippen LogP contribution in [0.5, 0.6) is 0 Å². The van der Waals surface area contributed by atoms with Crippen molar-refractivity contribution in [1.29, 1.82) is 0 Å². The molecular formula is C52H56. The molecule has 0 aliphatic heterocycles. The number of fused-ring (bicyclic) bond motifs is 6. The molecule has 0 fully saturated rings. The van der Waals surface area contributed by atoms with Gasteiger partial charge in [0.15, 0.2) is 0 Å². The van der Waals surface area contributed by atoms with Crippen molar-refractivity contribution in [2.24, 2.45) is 0 Å². The van der Waals surface area contributed by atoms with Gasteiger partial charge in [-0.25, -0.2) is 0 Å². The summed E-state index contributed by atoms with van der Waals surface area (Å²) in [6, 6.07) is 46.4. The van der Waals surface area contributed by atoms with Gasteiger partial charge in [0, 0.05) is 11.8 Å². The largest absolute Gasteiger partial charge is 0.0648 e. The van der Waals surface area contributed by atoms with E-state index in [1.807, 2.05) is 0 Å². The van der Waals surface area contributed by atoms with Crippen LogP contribution in [0.15, 0.2) is 121 Å². The molecule has 6 aromatic carbocycles. The summed E-state index contributed by atoms with van der Waals surface area (Å²) >= 11 is 0. The van der Waals surface area contributed by atoms with Gasteiger partial charge in [-0.3, -0.25) is 0 Å². The molecule has 0 nitrogen and oxygen atoms in total. The molecule has 0 heteroatoms. The van der Waals surface area contributed by atoms with E-state index in [0.717, 1.165) is 12.8 Å². The molecule has 0 radical (unpaired) electrons. The molecule has 8 rings (SSSR count). The monoisotopic (exact) mass is 680 g/mol. The summed E-state index contributed by atoms with van der Waals surface area (Å²) in [5, 5.41) is 0. The molecule has 0 N–H and O–H groups in total. The fourth-order valence-electron chi connectivity index (χ4n) is 8.55. The van der Waals surface area contributed by atoms with E-state index in [1.165, 1.54) is 102 Å². The van der Waals surface area contributed by atoms with Crippen LogP contribution in [-0.2, 0) is 12.8 Å².